The summed E-state index contributed by atoms with van der Waals surface area (Å²) in [6.45, 7) is 8.61. The molecule has 3 N–H and O–H groups in total. The lowest BCUT2D eigenvalue weighted by molar-refractivity contribution is 0.441. The van der Waals surface area contributed by atoms with Crippen LogP contribution in [0.3, 0.4) is 0 Å². The fraction of sp³-hybridized carbons (Fsp3) is 1.00. The number of nitrogens with one attached hydrogen (secondary N) is 1. The Labute approximate surface area is 89.6 Å². The topological polar surface area (TPSA) is 38.0 Å². The molecule has 0 aliphatic heterocycles. The Kier molecular flexibility index (Phi) is 8.20. The van der Waals surface area contributed by atoms with Crippen molar-refractivity contribution in [3.63, 3.8) is 0 Å². The Balaban J connectivity index is 0.000000241. The third-order valence-corrected chi connectivity index (χ3v) is 2.32. The Morgan fingerprint density at radius 3 is 1.50 bits per heavy atom. The van der Waals surface area contributed by atoms with Crippen molar-refractivity contribution in [2.45, 2.75) is 77.9 Å². The van der Waals surface area contributed by atoms with Crippen LogP contribution in [0.2, 0.25) is 0 Å². The fourth-order valence-electron chi connectivity index (χ4n) is 1.80. The van der Waals surface area contributed by atoms with Gasteiger partial charge in [-0.1, -0.05) is 47.0 Å². The molecule has 0 radical (unpaired) electrons. The quantitative estimate of drug-likeness (QED) is 0.719. The molecule has 2 heteroatoms. The summed E-state index contributed by atoms with van der Waals surface area (Å²) >= 11 is 0. The van der Waals surface area contributed by atoms with Gasteiger partial charge in [-0.3, -0.25) is 0 Å². The van der Waals surface area contributed by atoms with Crippen LogP contribution in [0.25, 0.3) is 0 Å². The molecule has 86 valence electrons. The van der Waals surface area contributed by atoms with Gasteiger partial charge in [0.25, 0.3) is 0 Å². The molecule has 0 aromatic carbocycles. The molecule has 0 saturated heterocycles. The Hall–Kier alpha value is -0.0800. The number of hydrogen-bond acceptors (Lipinski definition) is 2. The van der Waals surface area contributed by atoms with Gasteiger partial charge in [-0.2, -0.15) is 0 Å². The van der Waals surface area contributed by atoms with Crippen molar-refractivity contribution in [3.05, 3.63) is 0 Å². The summed E-state index contributed by atoms with van der Waals surface area (Å²) < 4.78 is 0. The molecule has 0 aromatic rings. The molecule has 2 nitrogen and oxygen atoms in total. The third-order valence-electron chi connectivity index (χ3n) is 2.32. The van der Waals surface area contributed by atoms with Crippen LogP contribution in [0.15, 0.2) is 0 Å². The zero-order valence-electron chi connectivity index (χ0n) is 10.3. The monoisotopic (exact) mass is 200 g/mol. The maximum absolute atomic E-state index is 5.63. The third kappa shape index (κ3) is 10.0. The molecule has 0 atom stereocenters. The zero-order valence-corrected chi connectivity index (χ0v) is 10.3. The van der Waals surface area contributed by atoms with Crippen molar-refractivity contribution in [1.29, 1.82) is 0 Å². The van der Waals surface area contributed by atoms with Gasteiger partial charge in [0.1, 0.15) is 0 Å². The van der Waals surface area contributed by atoms with Crippen molar-refractivity contribution in [3.8, 4) is 0 Å². The molecule has 1 aliphatic carbocycles. The van der Waals surface area contributed by atoms with Crippen molar-refractivity contribution in [2.75, 3.05) is 0 Å². The summed E-state index contributed by atoms with van der Waals surface area (Å²) in [6.07, 6.45) is 6.66. The van der Waals surface area contributed by atoms with E-state index in [1.165, 1.54) is 32.1 Å². The highest BCUT2D eigenvalue weighted by atomic mass is 14.9. The highest BCUT2D eigenvalue weighted by Gasteiger charge is 2.06. The highest BCUT2D eigenvalue weighted by Crippen LogP contribution is 2.14. The summed E-state index contributed by atoms with van der Waals surface area (Å²) in [6, 6.07) is 1.79. The summed E-state index contributed by atoms with van der Waals surface area (Å²) in [5.41, 5.74) is 5.63. The van der Waals surface area contributed by atoms with Crippen LogP contribution in [0, 0.1) is 0 Å². The van der Waals surface area contributed by atoms with Crippen molar-refractivity contribution in [2.24, 2.45) is 5.73 Å². The van der Waals surface area contributed by atoms with Gasteiger partial charge < -0.3 is 11.1 Å². The molecule has 0 spiro atoms. The van der Waals surface area contributed by atoms with E-state index in [4.69, 9.17) is 5.73 Å². The molecule has 0 heterocycles. The fourth-order valence-corrected chi connectivity index (χ4v) is 1.80. The van der Waals surface area contributed by atoms with Gasteiger partial charge in [0.05, 0.1) is 0 Å². The first-order valence-corrected chi connectivity index (χ1v) is 6.04. The van der Waals surface area contributed by atoms with Gasteiger partial charge in [0, 0.05) is 18.1 Å². The van der Waals surface area contributed by atoms with Crippen LogP contribution in [0.1, 0.15) is 59.8 Å². The van der Waals surface area contributed by atoms with Gasteiger partial charge in [0.2, 0.25) is 0 Å². The van der Waals surface area contributed by atoms with Gasteiger partial charge in [-0.25, -0.2) is 0 Å². The maximum Gasteiger partial charge on any atom is 0.00388 e. The minimum Gasteiger partial charge on any atom is -0.328 e. The molecule has 0 aromatic heterocycles. The average molecular weight is 200 g/mol. The zero-order chi connectivity index (χ0) is 11.0. The normalized spacial score (nSPS) is 18.2. The van der Waals surface area contributed by atoms with Crippen LogP contribution in [-0.4, -0.2) is 18.1 Å². The summed E-state index contributed by atoms with van der Waals surface area (Å²) in [5.74, 6) is 0. The molecule has 14 heavy (non-hydrogen) atoms. The summed E-state index contributed by atoms with van der Waals surface area (Å²) in [4.78, 5) is 0. The van der Waals surface area contributed by atoms with E-state index in [0.29, 0.717) is 18.1 Å². The second kappa shape index (κ2) is 8.25. The molecule has 0 unspecified atom stereocenters. The van der Waals surface area contributed by atoms with E-state index in [1.807, 2.05) is 0 Å². The van der Waals surface area contributed by atoms with Crippen molar-refractivity contribution in [1.82, 2.24) is 5.32 Å². The molecular formula is C12H28N2. The smallest absolute Gasteiger partial charge is 0.00388 e. The molecule has 0 amide bonds. The van der Waals surface area contributed by atoms with Crippen LogP contribution in [-0.2, 0) is 0 Å². The summed E-state index contributed by atoms with van der Waals surface area (Å²) in [7, 11) is 0. The molecule has 1 rings (SSSR count). The summed E-state index contributed by atoms with van der Waals surface area (Å²) in [5, 5.41) is 3.31. The first-order chi connectivity index (χ1) is 6.52. The number of hydrogen-bond donors (Lipinski definition) is 2. The molecule has 0 bridgehead atoms. The Morgan fingerprint density at radius 2 is 1.36 bits per heavy atom. The van der Waals surface area contributed by atoms with E-state index in [9.17, 15) is 0 Å². The van der Waals surface area contributed by atoms with Gasteiger partial charge >= 0.3 is 0 Å². The van der Waals surface area contributed by atoms with Crippen molar-refractivity contribution >= 4 is 0 Å². The van der Waals surface area contributed by atoms with E-state index in [-0.39, 0.29) is 0 Å². The standard InChI is InChI=1S/C6H13N.C6H15N/c7-6-4-2-1-3-5-6;1-5(2)7-6(3)4/h6H,1-5,7H2;5-7H,1-4H3. The Morgan fingerprint density at radius 1 is 0.929 bits per heavy atom. The first-order valence-electron chi connectivity index (χ1n) is 6.04. The lowest BCUT2D eigenvalue weighted by atomic mass is 9.97. The Bertz CT molecular complexity index is 109. The number of nitrogens with two attached hydrogens (primary N) is 1. The molecule has 1 fully saturated rings. The van der Waals surface area contributed by atoms with Gasteiger partial charge in [0.15, 0.2) is 0 Å². The van der Waals surface area contributed by atoms with Crippen LogP contribution in [0.4, 0.5) is 0 Å². The lowest BCUT2D eigenvalue weighted by Crippen LogP contribution is -2.29. The predicted molar refractivity (Wildman–Crippen MR) is 64.5 cm³/mol. The molecule has 1 saturated carbocycles. The molecular weight excluding hydrogens is 172 g/mol. The van der Waals surface area contributed by atoms with Crippen molar-refractivity contribution < 1.29 is 0 Å². The van der Waals surface area contributed by atoms with Crippen LogP contribution >= 0.6 is 0 Å². The number of rotatable bonds is 2. The van der Waals surface area contributed by atoms with Crippen LogP contribution < -0.4 is 11.1 Å². The largest absolute Gasteiger partial charge is 0.328 e. The SMILES string of the molecule is CC(C)NC(C)C.NC1CCCCC1. The lowest BCUT2D eigenvalue weighted by Gasteiger charge is -2.15. The highest BCUT2D eigenvalue weighted by molar-refractivity contribution is 4.66. The molecule has 1 aliphatic rings. The van der Waals surface area contributed by atoms with E-state index >= 15 is 0 Å². The second-order valence-corrected chi connectivity index (χ2v) is 4.87. The minimum absolute atomic E-state index is 0.536. The van der Waals surface area contributed by atoms with Gasteiger partial charge in [-0.15, -0.1) is 0 Å². The maximum atomic E-state index is 5.63. The second-order valence-electron chi connectivity index (χ2n) is 4.87. The van der Waals surface area contributed by atoms with E-state index in [1.54, 1.807) is 0 Å². The average Bonchev–Trinajstić information content (AvgIpc) is 2.03. The van der Waals surface area contributed by atoms with Crippen LogP contribution in [0.5, 0.6) is 0 Å². The van der Waals surface area contributed by atoms with Gasteiger partial charge in [-0.05, 0) is 12.8 Å². The predicted octanol–water partition coefficient (Wildman–Crippen LogP) is 2.67. The van der Waals surface area contributed by atoms with E-state index in [2.05, 4.69) is 33.0 Å². The minimum atomic E-state index is 0.536. The first kappa shape index (κ1) is 13.9. The van der Waals surface area contributed by atoms with E-state index in [0.717, 1.165) is 0 Å². The van der Waals surface area contributed by atoms with E-state index < -0.39 is 0 Å².